The van der Waals surface area contributed by atoms with E-state index in [0.29, 0.717) is 5.82 Å². The summed E-state index contributed by atoms with van der Waals surface area (Å²) in [6.07, 6.45) is 5.52. The average Bonchev–Trinajstić information content (AvgIpc) is 3.26. The minimum absolute atomic E-state index is 0.103. The molecule has 0 fully saturated rings. The predicted molar refractivity (Wildman–Crippen MR) is 86.1 cm³/mol. The van der Waals surface area contributed by atoms with Gasteiger partial charge in [-0.1, -0.05) is 0 Å². The molecule has 4 rings (SSSR count). The second kappa shape index (κ2) is 5.06. The van der Waals surface area contributed by atoms with Crippen LogP contribution < -0.4 is 0 Å². The van der Waals surface area contributed by atoms with E-state index in [1.54, 1.807) is 6.20 Å². The molecule has 4 aromatic rings. The Labute approximate surface area is 132 Å². The monoisotopic (exact) mass is 308 g/mol. The average molecular weight is 308 g/mol. The van der Waals surface area contributed by atoms with Gasteiger partial charge in [0, 0.05) is 25.1 Å². The van der Waals surface area contributed by atoms with E-state index in [1.165, 1.54) is 0 Å². The minimum atomic E-state index is -0.103. The molecule has 0 aliphatic carbocycles. The van der Waals surface area contributed by atoms with Crippen molar-refractivity contribution in [1.29, 1.82) is 0 Å². The van der Waals surface area contributed by atoms with Crippen LogP contribution >= 0.6 is 0 Å². The number of benzene rings is 1. The van der Waals surface area contributed by atoms with Crippen molar-refractivity contribution in [3.05, 3.63) is 48.4 Å². The van der Waals surface area contributed by atoms with E-state index in [2.05, 4.69) is 19.9 Å². The number of aromatic nitrogens is 6. The van der Waals surface area contributed by atoms with Crippen molar-refractivity contribution in [3.63, 3.8) is 0 Å². The van der Waals surface area contributed by atoms with Gasteiger partial charge in [-0.05, 0) is 25.1 Å². The first-order valence-electron chi connectivity index (χ1n) is 7.29. The Kier molecular flexibility index (Phi) is 3.02. The highest BCUT2D eigenvalue weighted by Gasteiger charge is 2.13. The standard InChI is InChI=1S/C16H16N6O/c1-10-18-8-14(21(10)2)16-17-5-6-22(16)11-3-4-12-13(7-11)20-15(9-23)19-12/h3-8,23H,9H2,1-2H3,(H,19,20). The Morgan fingerprint density at radius 2 is 2.13 bits per heavy atom. The van der Waals surface area contributed by atoms with Gasteiger partial charge in [-0.25, -0.2) is 15.0 Å². The topological polar surface area (TPSA) is 84.6 Å². The van der Waals surface area contributed by atoms with Crippen molar-refractivity contribution in [1.82, 2.24) is 29.1 Å². The molecule has 0 unspecified atom stereocenters. The summed E-state index contributed by atoms with van der Waals surface area (Å²) >= 11 is 0. The third-order valence-electron chi connectivity index (χ3n) is 4.03. The second-order valence-electron chi connectivity index (χ2n) is 5.41. The van der Waals surface area contributed by atoms with Crippen LogP contribution in [-0.4, -0.2) is 34.2 Å². The fraction of sp³-hybridized carbons (Fsp3) is 0.188. The van der Waals surface area contributed by atoms with Crippen LogP contribution in [0.4, 0.5) is 0 Å². The van der Waals surface area contributed by atoms with Crippen LogP contribution in [0.1, 0.15) is 11.6 Å². The Hall–Kier alpha value is -2.93. The summed E-state index contributed by atoms with van der Waals surface area (Å²) in [4.78, 5) is 16.2. The van der Waals surface area contributed by atoms with Crippen molar-refractivity contribution in [2.75, 3.05) is 0 Å². The zero-order chi connectivity index (χ0) is 16.0. The van der Waals surface area contributed by atoms with Crippen LogP contribution in [0.2, 0.25) is 0 Å². The first kappa shape index (κ1) is 13.7. The van der Waals surface area contributed by atoms with Gasteiger partial charge in [0.15, 0.2) is 5.82 Å². The fourth-order valence-electron chi connectivity index (χ4n) is 2.69. The number of fused-ring (bicyclic) bond motifs is 1. The van der Waals surface area contributed by atoms with Gasteiger partial charge in [0.2, 0.25) is 0 Å². The molecule has 0 amide bonds. The second-order valence-corrected chi connectivity index (χ2v) is 5.41. The molecule has 3 heterocycles. The highest BCUT2D eigenvalue weighted by atomic mass is 16.3. The van der Waals surface area contributed by atoms with Gasteiger partial charge in [0.05, 0.1) is 17.2 Å². The molecular weight excluding hydrogens is 292 g/mol. The zero-order valence-corrected chi connectivity index (χ0v) is 12.9. The van der Waals surface area contributed by atoms with E-state index in [1.807, 2.05) is 53.7 Å². The maximum atomic E-state index is 9.20. The summed E-state index contributed by atoms with van der Waals surface area (Å²) < 4.78 is 4.02. The Morgan fingerprint density at radius 3 is 2.87 bits per heavy atom. The number of imidazole rings is 3. The summed E-state index contributed by atoms with van der Waals surface area (Å²) in [7, 11) is 1.97. The summed E-state index contributed by atoms with van der Waals surface area (Å²) in [5, 5.41) is 9.20. The molecule has 0 saturated carbocycles. The van der Waals surface area contributed by atoms with E-state index >= 15 is 0 Å². The molecule has 23 heavy (non-hydrogen) atoms. The number of nitrogens with one attached hydrogen (secondary N) is 1. The lowest BCUT2D eigenvalue weighted by atomic mass is 10.2. The smallest absolute Gasteiger partial charge is 0.162 e. The Morgan fingerprint density at radius 1 is 1.26 bits per heavy atom. The van der Waals surface area contributed by atoms with Crippen molar-refractivity contribution < 1.29 is 5.11 Å². The third kappa shape index (κ3) is 2.13. The van der Waals surface area contributed by atoms with E-state index in [-0.39, 0.29) is 6.61 Å². The number of aryl methyl sites for hydroxylation is 1. The quantitative estimate of drug-likeness (QED) is 0.606. The predicted octanol–water partition coefficient (Wildman–Crippen LogP) is 1.95. The number of H-pyrrole nitrogens is 1. The summed E-state index contributed by atoms with van der Waals surface area (Å²) in [6, 6.07) is 5.91. The molecular formula is C16H16N6O. The molecule has 0 aliphatic heterocycles. The van der Waals surface area contributed by atoms with E-state index < -0.39 is 0 Å². The zero-order valence-electron chi connectivity index (χ0n) is 12.9. The molecule has 2 N–H and O–H groups in total. The van der Waals surface area contributed by atoms with Crippen LogP contribution in [0.3, 0.4) is 0 Å². The van der Waals surface area contributed by atoms with Gasteiger partial charge in [0.1, 0.15) is 23.9 Å². The summed E-state index contributed by atoms with van der Waals surface area (Å²) in [5.74, 6) is 2.32. The van der Waals surface area contributed by atoms with E-state index in [9.17, 15) is 5.11 Å². The SMILES string of the molecule is Cc1ncc(-c2nccn2-c2ccc3nc(CO)[nH]c3c2)n1C. The minimum Gasteiger partial charge on any atom is -0.388 e. The van der Waals surface area contributed by atoms with Crippen molar-refractivity contribution >= 4 is 11.0 Å². The largest absolute Gasteiger partial charge is 0.388 e. The maximum absolute atomic E-state index is 9.20. The molecule has 0 radical (unpaired) electrons. The molecule has 7 heteroatoms. The van der Waals surface area contributed by atoms with E-state index in [4.69, 9.17) is 0 Å². The normalized spacial score (nSPS) is 11.4. The molecule has 0 atom stereocenters. The summed E-state index contributed by atoms with van der Waals surface area (Å²) in [6.45, 7) is 1.86. The summed E-state index contributed by atoms with van der Waals surface area (Å²) in [5.41, 5.74) is 3.63. The Balaban J connectivity index is 1.85. The molecule has 3 aromatic heterocycles. The lowest BCUT2D eigenvalue weighted by Crippen LogP contribution is -2.01. The lowest BCUT2D eigenvalue weighted by Gasteiger charge is -2.08. The number of rotatable bonds is 3. The molecule has 1 aromatic carbocycles. The molecule has 0 aliphatic rings. The molecule has 116 valence electrons. The number of hydrogen-bond donors (Lipinski definition) is 2. The molecule has 7 nitrogen and oxygen atoms in total. The molecule has 0 saturated heterocycles. The number of aliphatic hydroxyl groups is 1. The van der Waals surface area contributed by atoms with Gasteiger partial charge >= 0.3 is 0 Å². The van der Waals surface area contributed by atoms with Gasteiger partial charge in [-0.3, -0.25) is 4.57 Å². The first-order chi connectivity index (χ1) is 11.2. The highest BCUT2D eigenvalue weighted by molar-refractivity contribution is 5.78. The van der Waals surface area contributed by atoms with Crippen LogP contribution in [0.5, 0.6) is 0 Å². The van der Waals surface area contributed by atoms with Crippen LogP contribution in [0.25, 0.3) is 28.2 Å². The van der Waals surface area contributed by atoms with Gasteiger partial charge < -0.3 is 14.7 Å². The van der Waals surface area contributed by atoms with Crippen LogP contribution in [-0.2, 0) is 13.7 Å². The first-order valence-corrected chi connectivity index (χ1v) is 7.29. The van der Waals surface area contributed by atoms with Crippen LogP contribution in [0.15, 0.2) is 36.8 Å². The van der Waals surface area contributed by atoms with E-state index in [0.717, 1.165) is 34.1 Å². The van der Waals surface area contributed by atoms with Gasteiger partial charge in [-0.15, -0.1) is 0 Å². The fourth-order valence-corrected chi connectivity index (χ4v) is 2.69. The van der Waals surface area contributed by atoms with Gasteiger partial charge in [0.25, 0.3) is 0 Å². The Bertz CT molecular complexity index is 993. The molecule has 0 spiro atoms. The molecule has 0 bridgehead atoms. The number of aromatic amines is 1. The van der Waals surface area contributed by atoms with Crippen molar-refractivity contribution in [2.24, 2.45) is 7.05 Å². The number of hydrogen-bond acceptors (Lipinski definition) is 4. The number of nitrogens with zero attached hydrogens (tertiary/aromatic N) is 5. The lowest BCUT2D eigenvalue weighted by molar-refractivity contribution is 0.273. The van der Waals surface area contributed by atoms with Crippen LogP contribution in [0, 0.1) is 6.92 Å². The number of aliphatic hydroxyl groups excluding tert-OH is 1. The maximum Gasteiger partial charge on any atom is 0.162 e. The van der Waals surface area contributed by atoms with Gasteiger partial charge in [-0.2, -0.15) is 0 Å². The van der Waals surface area contributed by atoms with Crippen molar-refractivity contribution in [2.45, 2.75) is 13.5 Å². The van der Waals surface area contributed by atoms with Crippen molar-refractivity contribution in [3.8, 4) is 17.2 Å². The highest BCUT2D eigenvalue weighted by Crippen LogP contribution is 2.24. The third-order valence-corrected chi connectivity index (χ3v) is 4.03.